The molecule has 1 amide bonds. The van der Waals surface area contributed by atoms with E-state index in [0.717, 1.165) is 33.6 Å². The number of hydrogen-bond donors (Lipinski definition) is 2. The van der Waals surface area contributed by atoms with Crippen LogP contribution in [0.15, 0.2) is 35.0 Å². The summed E-state index contributed by atoms with van der Waals surface area (Å²) in [4.78, 5) is 12.7. The highest BCUT2D eigenvalue weighted by molar-refractivity contribution is 5.86. The predicted octanol–water partition coefficient (Wildman–Crippen LogP) is 3.04. The molecule has 2 heterocycles. The summed E-state index contributed by atoms with van der Waals surface area (Å²) in [5.74, 6) is 1.38. The first-order valence-corrected chi connectivity index (χ1v) is 8.47. The molecule has 2 unspecified atom stereocenters. The van der Waals surface area contributed by atoms with E-state index in [1.807, 2.05) is 45.3 Å². The summed E-state index contributed by atoms with van der Waals surface area (Å²) in [7, 11) is 5.21. The van der Waals surface area contributed by atoms with E-state index in [9.17, 15) is 4.79 Å². The Morgan fingerprint density at radius 2 is 2.11 bits per heavy atom. The summed E-state index contributed by atoms with van der Waals surface area (Å²) in [5, 5.41) is 11.2. The third kappa shape index (κ3) is 4.09. The minimum Gasteiger partial charge on any atom is -0.497 e. The Labute approximate surface area is 164 Å². The van der Waals surface area contributed by atoms with Crippen molar-refractivity contribution in [1.29, 1.82) is 0 Å². The fourth-order valence-electron chi connectivity index (χ4n) is 3.16. The zero-order valence-electron chi connectivity index (χ0n) is 16.1. The number of hydrogen-bond acceptors (Lipinski definition) is 5. The molecule has 146 valence electrons. The first-order chi connectivity index (χ1) is 12.4. The number of amides is 1. The molecule has 3 rings (SSSR count). The van der Waals surface area contributed by atoms with Crippen molar-refractivity contribution < 1.29 is 13.9 Å². The van der Waals surface area contributed by atoms with Crippen molar-refractivity contribution in [3.63, 3.8) is 0 Å². The second-order valence-corrected chi connectivity index (χ2v) is 6.35. The summed E-state index contributed by atoms with van der Waals surface area (Å²) in [6.07, 6.45) is 3.51. The number of fused-ring (bicyclic) bond motifs is 1. The van der Waals surface area contributed by atoms with E-state index in [4.69, 9.17) is 9.15 Å². The molecule has 3 aromatic rings. The van der Waals surface area contributed by atoms with Gasteiger partial charge in [-0.1, -0.05) is 0 Å². The van der Waals surface area contributed by atoms with Crippen LogP contribution in [0.2, 0.25) is 0 Å². The lowest BCUT2D eigenvalue weighted by molar-refractivity contribution is -0.123. The number of benzene rings is 1. The maximum atomic E-state index is 12.7. The summed E-state index contributed by atoms with van der Waals surface area (Å²) in [5.41, 5.74) is 2.58. The number of carbonyl (C=O) groups excluding carboxylic acids is 1. The van der Waals surface area contributed by atoms with Crippen LogP contribution in [0, 0.1) is 6.92 Å². The Hall–Kier alpha value is -2.51. The fourth-order valence-corrected chi connectivity index (χ4v) is 3.16. The van der Waals surface area contributed by atoms with Gasteiger partial charge in [-0.15, -0.1) is 12.4 Å². The van der Waals surface area contributed by atoms with Gasteiger partial charge in [-0.3, -0.25) is 9.48 Å². The van der Waals surface area contributed by atoms with Gasteiger partial charge in [0.15, 0.2) is 0 Å². The number of nitrogens with one attached hydrogen (secondary N) is 2. The first-order valence-electron chi connectivity index (χ1n) is 8.47. The van der Waals surface area contributed by atoms with Crippen molar-refractivity contribution >= 4 is 29.3 Å². The van der Waals surface area contributed by atoms with E-state index in [1.165, 1.54) is 0 Å². The van der Waals surface area contributed by atoms with Gasteiger partial charge in [-0.2, -0.15) is 5.10 Å². The molecule has 2 N–H and O–H groups in total. The summed E-state index contributed by atoms with van der Waals surface area (Å²) < 4.78 is 12.9. The number of furan rings is 1. The Bertz CT molecular complexity index is 934. The quantitative estimate of drug-likeness (QED) is 0.673. The molecule has 0 saturated heterocycles. The van der Waals surface area contributed by atoms with E-state index < -0.39 is 6.04 Å². The van der Waals surface area contributed by atoms with Gasteiger partial charge >= 0.3 is 0 Å². The highest BCUT2D eigenvalue weighted by Crippen LogP contribution is 2.32. The second-order valence-electron chi connectivity index (χ2n) is 6.35. The van der Waals surface area contributed by atoms with Crippen LogP contribution in [0.5, 0.6) is 5.75 Å². The number of methoxy groups -OCH3 is 1. The topological polar surface area (TPSA) is 81.3 Å². The molecular formula is C19H25ClN4O3. The largest absolute Gasteiger partial charge is 0.497 e. The number of aromatic nitrogens is 2. The molecule has 0 spiro atoms. The zero-order chi connectivity index (χ0) is 18.8. The minimum absolute atomic E-state index is 0. The number of carbonyl (C=O) groups is 1. The summed E-state index contributed by atoms with van der Waals surface area (Å²) in [6.45, 7) is 3.90. The van der Waals surface area contributed by atoms with Gasteiger partial charge in [0.25, 0.3) is 0 Å². The molecule has 27 heavy (non-hydrogen) atoms. The van der Waals surface area contributed by atoms with Crippen molar-refractivity contribution in [3.05, 3.63) is 47.5 Å². The van der Waals surface area contributed by atoms with Crippen LogP contribution in [-0.4, -0.2) is 29.8 Å². The molecule has 0 saturated carbocycles. The van der Waals surface area contributed by atoms with Crippen LogP contribution in [-0.2, 0) is 11.8 Å². The minimum atomic E-state index is -0.476. The van der Waals surface area contributed by atoms with Gasteiger partial charge in [-0.25, -0.2) is 0 Å². The third-order valence-electron chi connectivity index (χ3n) is 4.54. The molecular weight excluding hydrogens is 368 g/mol. The van der Waals surface area contributed by atoms with E-state index in [2.05, 4.69) is 15.7 Å². The number of aryl methyl sites for hydroxylation is 2. The number of nitrogens with zero attached hydrogens (tertiary/aromatic N) is 2. The molecule has 0 aliphatic heterocycles. The maximum absolute atomic E-state index is 12.7. The van der Waals surface area contributed by atoms with E-state index in [-0.39, 0.29) is 24.4 Å². The molecule has 0 aliphatic carbocycles. The average Bonchev–Trinajstić information content (AvgIpc) is 3.19. The van der Waals surface area contributed by atoms with Crippen molar-refractivity contribution in [1.82, 2.24) is 20.4 Å². The molecule has 0 fully saturated rings. The molecule has 8 heteroatoms. The molecule has 0 bridgehead atoms. The summed E-state index contributed by atoms with van der Waals surface area (Å²) >= 11 is 0. The monoisotopic (exact) mass is 392 g/mol. The number of likely N-dealkylation sites (N-methyl/N-ethyl adjacent to an activating group) is 1. The van der Waals surface area contributed by atoms with E-state index >= 15 is 0 Å². The van der Waals surface area contributed by atoms with Gasteiger partial charge in [0.2, 0.25) is 5.91 Å². The van der Waals surface area contributed by atoms with Gasteiger partial charge in [-0.05, 0) is 39.1 Å². The number of rotatable bonds is 6. The van der Waals surface area contributed by atoms with Gasteiger partial charge < -0.3 is 19.8 Å². The van der Waals surface area contributed by atoms with Gasteiger partial charge in [0, 0.05) is 29.8 Å². The molecule has 2 atom stereocenters. The van der Waals surface area contributed by atoms with Crippen LogP contribution < -0.4 is 15.4 Å². The third-order valence-corrected chi connectivity index (χ3v) is 4.54. The maximum Gasteiger partial charge on any atom is 0.242 e. The summed E-state index contributed by atoms with van der Waals surface area (Å²) in [6, 6.07) is 4.94. The van der Waals surface area contributed by atoms with Gasteiger partial charge in [0.1, 0.15) is 23.1 Å². The van der Waals surface area contributed by atoms with Crippen LogP contribution in [0.4, 0.5) is 0 Å². The highest BCUT2D eigenvalue weighted by Gasteiger charge is 2.24. The van der Waals surface area contributed by atoms with Crippen LogP contribution in [0.25, 0.3) is 11.0 Å². The van der Waals surface area contributed by atoms with Crippen LogP contribution in [0.1, 0.15) is 35.9 Å². The lowest BCUT2D eigenvalue weighted by atomic mass is 10.1. The van der Waals surface area contributed by atoms with Crippen molar-refractivity contribution in [2.24, 2.45) is 7.05 Å². The smallest absolute Gasteiger partial charge is 0.242 e. The fraction of sp³-hybridized carbons (Fsp3) is 0.368. The number of ether oxygens (including phenoxy) is 1. The second kappa shape index (κ2) is 8.45. The van der Waals surface area contributed by atoms with Gasteiger partial charge in [0.05, 0.1) is 19.3 Å². The standard InChI is InChI=1S/C19H24N4O3.ClH/c1-11-15-8-14(25-5)6-7-16(15)26-18(11)12(2)22-19(24)17(20-3)13-9-21-23(4)10-13;/h6-10,12,17,20H,1-5H3,(H,22,24);1H. The van der Waals surface area contributed by atoms with Crippen LogP contribution >= 0.6 is 12.4 Å². The van der Waals surface area contributed by atoms with Crippen molar-refractivity contribution in [3.8, 4) is 5.75 Å². The Morgan fingerprint density at radius 3 is 2.70 bits per heavy atom. The average molecular weight is 393 g/mol. The zero-order valence-corrected chi connectivity index (χ0v) is 16.9. The Morgan fingerprint density at radius 1 is 1.37 bits per heavy atom. The molecule has 1 aromatic carbocycles. The lowest BCUT2D eigenvalue weighted by Gasteiger charge is -2.18. The lowest BCUT2D eigenvalue weighted by Crippen LogP contribution is -2.37. The van der Waals surface area contributed by atoms with E-state index in [0.29, 0.717) is 0 Å². The van der Waals surface area contributed by atoms with Crippen LogP contribution in [0.3, 0.4) is 0 Å². The van der Waals surface area contributed by atoms with E-state index in [1.54, 1.807) is 25.0 Å². The van der Waals surface area contributed by atoms with Crippen molar-refractivity contribution in [2.45, 2.75) is 25.9 Å². The molecule has 0 aliphatic rings. The normalized spacial score (nSPS) is 13.1. The number of halogens is 1. The Balaban J connectivity index is 0.00000261. The predicted molar refractivity (Wildman–Crippen MR) is 106 cm³/mol. The molecule has 2 aromatic heterocycles. The van der Waals surface area contributed by atoms with Crippen molar-refractivity contribution in [2.75, 3.05) is 14.2 Å². The highest BCUT2D eigenvalue weighted by atomic mass is 35.5. The Kier molecular flexibility index (Phi) is 6.51. The molecule has 0 radical (unpaired) electrons. The first kappa shape index (κ1) is 20.8. The molecule has 7 nitrogen and oxygen atoms in total. The SMILES string of the molecule is CNC(C(=O)NC(C)c1oc2ccc(OC)cc2c1C)c1cnn(C)c1.Cl.